The van der Waals surface area contributed by atoms with Gasteiger partial charge in [0.05, 0.1) is 23.1 Å². The molecule has 0 fully saturated rings. The van der Waals surface area contributed by atoms with E-state index in [9.17, 15) is 10.1 Å². The SMILES string of the molecule is COc1nc2ccccc2nc1/C=C\c1cccc([N+](=O)[O-])c1. The molecule has 23 heavy (non-hydrogen) atoms. The minimum atomic E-state index is -0.423. The summed E-state index contributed by atoms with van der Waals surface area (Å²) in [5.74, 6) is 0.408. The number of rotatable bonds is 4. The highest BCUT2D eigenvalue weighted by Crippen LogP contribution is 2.21. The Balaban J connectivity index is 2.00. The quantitative estimate of drug-likeness (QED) is 0.542. The van der Waals surface area contributed by atoms with E-state index >= 15 is 0 Å². The molecule has 0 N–H and O–H groups in total. The maximum absolute atomic E-state index is 10.8. The number of nitrogens with zero attached hydrogens (tertiary/aromatic N) is 3. The second-order valence-corrected chi connectivity index (χ2v) is 4.79. The number of hydrogen-bond acceptors (Lipinski definition) is 5. The molecule has 3 aromatic rings. The van der Waals surface area contributed by atoms with Crippen LogP contribution in [0, 0.1) is 10.1 Å². The fourth-order valence-electron chi connectivity index (χ4n) is 2.17. The number of methoxy groups -OCH3 is 1. The minimum Gasteiger partial charge on any atom is -0.479 e. The highest BCUT2D eigenvalue weighted by Gasteiger charge is 2.07. The van der Waals surface area contributed by atoms with Crippen LogP contribution in [-0.2, 0) is 0 Å². The third-order valence-electron chi connectivity index (χ3n) is 3.27. The molecule has 0 radical (unpaired) electrons. The van der Waals surface area contributed by atoms with Crippen LogP contribution in [0.25, 0.3) is 23.2 Å². The first-order valence-electron chi connectivity index (χ1n) is 6.90. The summed E-state index contributed by atoms with van der Waals surface area (Å²) >= 11 is 0. The van der Waals surface area contributed by atoms with Gasteiger partial charge in [0.15, 0.2) is 0 Å². The molecule has 6 nitrogen and oxygen atoms in total. The number of non-ortho nitro benzene ring substituents is 1. The van der Waals surface area contributed by atoms with E-state index in [1.807, 2.05) is 24.3 Å². The summed E-state index contributed by atoms with van der Waals surface area (Å²) in [4.78, 5) is 19.3. The van der Waals surface area contributed by atoms with Gasteiger partial charge < -0.3 is 4.74 Å². The highest BCUT2D eigenvalue weighted by molar-refractivity contribution is 5.79. The first-order valence-corrected chi connectivity index (χ1v) is 6.90. The van der Waals surface area contributed by atoms with Gasteiger partial charge in [-0.3, -0.25) is 10.1 Å². The van der Waals surface area contributed by atoms with E-state index in [4.69, 9.17) is 4.74 Å². The molecule has 2 aromatic carbocycles. The van der Waals surface area contributed by atoms with E-state index in [2.05, 4.69) is 9.97 Å². The van der Waals surface area contributed by atoms with Gasteiger partial charge in [-0.15, -0.1) is 0 Å². The van der Waals surface area contributed by atoms with Crippen molar-refractivity contribution in [2.45, 2.75) is 0 Å². The summed E-state index contributed by atoms with van der Waals surface area (Å²) < 4.78 is 5.27. The number of hydrogen-bond donors (Lipinski definition) is 0. The van der Waals surface area contributed by atoms with Gasteiger partial charge in [0.2, 0.25) is 5.88 Å². The molecule has 0 spiro atoms. The Hall–Kier alpha value is -3.28. The van der Waals surface area contributed by atoms with E-state index in [0.29, 0.717) is 17.1 Å². The summed E-state index contributed by atoms with van der Waals surface area (Å²) in [7, 11) is 1.53. The van der Waals surface area contributed by atoms with E-state index < -0.39 is 4.92 Å². The number of nitro groups is 1. The molecule has 0 amide bonds. The zero-order valence-corrected chi connectivity index (χ0v) is 12.3. The lowest BCUT2D eigenvalue weighted by molar-refractivity contribution is -0.384. The molecular formula is C17H13N3O3. The van der Waals surface area contributed by atoms with Crippen molar-refractivity contribution in [3.8, 4) is 5.88 Å². The Labute approximate surface area is 132 Å². The summed E-state index contributed by atoms with van der Waals surface area (Å²) in [5.41, 5.74) is 2.82. The summed E-state index contributed by atoms with van der Waals surface area (Å²) in [6, 6.07) is 13.9. The van der Waals surface area contributed by atoms with Crippen LogP contribution in [0.4, 0.5) is 5.69 Å². The first kappa shape index (κ1) is 14.6. The largest absolute Gasteiger partial charge is 0.479 e. The third-order valence-corrected chi connectivity index (χ3v) is 3.27. The lowest BCUT2D eigenvalue weighted by Crippen LogP contribution is -1.95. The second kappa shape index (κ2) is 6.23. The van der Waals surface area contributed by atoms with Gasteiger partial charge in [0.25, 0.3) is 5.69 Å². The molecule has 0 bridgehead atoms. The molecular weight excluding hydrogens is 294 g/mol. The van der Waals surface area contributed by atoms with Gasteiger partial charge in [-0.2, -0.15) is 0 Å². The molecule has 1 aromatic heterocycles. The lowest BCUT2D eigenvalue weighted by atomic mass is 10.2. The zero-order chi connectivity index (χ0) is 16.2. The van der Waals surface area contributed by atoms with Crippen LogP contribution in [0.15, 0.2) is 48.5 Å². The molecule has 3 rings (SSSR count). The van der Waals surface area contributed by atoms with Crippen LogP contribution in [-0.4, -0.2) is 22.0 Å². The number of ether oxygens (including phenoxy) is 1. The van der Waals surface area contributed by atoms with Crippen LogP contribution >= 0.6 is 0 Å². The Morgan fingerprint density at radius 3 is 2.48 bits per heavy atom. The Bertz CT molecular complexity index is 906. The predicted molar refractivity (Wildman–Crippen MR) is 88.1 cm³/mol. The fourth-order valence-corrected chi connectivity index (χ4v) is 2.17. The van der Waals surface area contributed by atoms with Gasteiger partial charge in [-0.1, -0.05) is 30.3 Å². The average molecular weight is 307 g/mol. The third kappa shape index (κ3) is 3.16. The van der Waals surface area contributed by atoms with Crippen molar-refractivity contribution in [1.82, 2.24) is 9.97 Å². The molecule has 0 saturated carbocycles. The van der Waals surface area contributed by atoms with E-state index in [1.165, 1.54) is 19.2 Å². The van der Waals surface area contributed by atoms with Gasteiger partial charge >= 0.3 is 0 Å². The maximum atomic E-state index is 10.8. The maximum Gasteiger partial charge on any atom is 0.270 e. The van der Waals surface area contributed by atoms with E-state index in [0.717, 1.165) is 11.0 Å². The monoisotopic (exact) mass is 307 g/mol. The molecule has 0 aliphatic carbocycles. The van der Waals surface area contributed by atoms with Gasteiger partial charge in [0.1, 0.15) is 5.69 Å². The second-order valence-electron chi connectivity index (χ2n) is 4.79. The molecule has 114 valence electrons. The molecule has 0 aliphatic heterocycles. The predicted octanol–water partition coefficient (Wildman–Crippen LogP) is 3.72. The number of benzene rings is 2. The van der Waals surface area contributed by atoms with Crippen molar-refractivity contribution in [2.24, 2.45) is 0 Å². The zero-order valence-electron chi connectivity index (χ0n) is 12.3. The van der Waals surface area contributed by atoms with Gasteiger partial charge in [-0.05, 0) is 23.8 Å². The molecule has 0 atom stereocenters. The topological polar surface area (TPSA) is 78.2 Å². The van der Waals surface area contributed by atoms with Crippen LogP contribution in [0.5, 0.6) is 5.88 Å². The van der Waals surface area contributed by atoms with Crippen LogP contribution < -0.4 is 4.74 Å². The smallest absolute Gasteiger partial charge is 0.270 e. The number of aromatic nitrogens is 2. The van der Waals surface area contributed by atoms with Crippen LogP contribution in [0.1, 0.15) is 11.3 Å². The Morgan fingerprint density at radius 1 is 1.04 bits per heavy atom. The molecule has 6 heteroatoms. The fraction of sp³-hybridized carbons (Fsp3) is 0.0588. The lowest BCUT2D eigenvalue weighted by Gasteiger charge is -2.05. The average Bonchev–Trinajstić information content (AvgIpc) is 2.59. The van der Waals surface area contributed by atoms with Crippen molar-refractivity contribution in [3.05, 3.63) is 69.9 Å². The van der Waals surface area contributed by atoms with Crippen molar-refractivity contribution in [3.63, 3.8) is 0 Å². The normalized spacial score (nSPS) is 11.0. The van der Waals surface area contributed by atoms with Crippen molar-refractivity contribution < 1.29 is 9.66 Å². The van der Waals surface area contributed by atoms with Crippen LogP contribution in [0.2, 0.25) is 0 Å². The standard InChI is InChI=1S/C17H13N3O3/c1-23-17-16(18-14-7-2-3-8-15(14)19-17)10-9-12-5-4-6-13(11-12)20(21)22/h2-11H,1H3/b10-9-. The van der Waals surface area contributed by atoms with Gasteiger partial charge in [0, 0.05) is 12.1 Å². The minimum absolute atomic E-state index is 0.0451. The highest BCUT2D eigenvalue weighted by atomic mass is 16.6. The Kier molecular flexibility index (Phi) is 3.97. The number of fused-ring (bicyclic) bond motifs is 1. The molecule has 0 aliphatic rings. The molecule has 0 saturated heterocycles. The summed E-state index contributed by atoms with van der Waals surface area (Å²) in [6.45, 7) is 0. The first-order chi connectivity index (χ1) is 11.2. The number of para-hydroxylation sites is 2. The van der Waals surface area contributed by atoms with Crippen molar-refractivity contribution in [1.29, 1.82) is 0 Å². The van der Waals surface area contributed by atoms with E-state index in [1.54, 1.807) is 24.3 Å². The molecule has 0 unspecified atom stereocenters. The van der Waals surface area contributed by atoms with Crippen LogP contribution in [0.3, 0.4) is 0 Å². The summed E-state index contributed by atoms with van der Waals surface area (Å²) in [5, 5.41) is 10.8. The Morgan fingerprint density at radius 2 is 1.78 bits per heavy atom. The molecule has 1 heterocycles. The van der Waals surface area contributed by atoms with Crippen molar-refractivity contribution in [2.75, 3.05) is 7.11 Å². The van der Waals surface area contributed by atoms with Gasteiger partial charge in [-0.25, -0.2) is 9.97 Å². The summed E-state index contributed by atoms with van der Waals surface area (Å²) in [6.07, 6.45) is 3.48. The van der Waals surface area contributed by atoms with E-state index in [-0.39, 0.29) is 5.69 Å². The number of nitro benzene ring substituents is 1. The van der Waals surface area contributed by atoms with Crippen molar-refractivity contribution >= 4 is 28.9 Å².